The summed E-state index contributed by atoms with van der Waals surface area (Å²) >= 11 is 24.5. The number of aromatic nitrogens is 2. The standard InChI is InChI=1S/C11H8Cl4N2/c12-6-7(13)9(15)11-10(8(6)14)16-5-3-1-2-4-17(5)11/h1-4H2. The number of halogens is 4. The van der Waals surface area contributed by atoms with Crippen LogP contribution in [-0.4, -0.2) is 9.55 Å². The first-order valence-electron chi connectivity index (χ1n) is 5.32. The molecule has 17 heavy (non-hydrogen) atoms. The molecule has 0 amide bonds. The average Bonchev–Trinajstić information content (AvgIpc) is 2.73. The Morgan fingerprint density at radius 3 is 2.35 bits per heavy atom. The molecule has 0 fully saturated rings. The molecule has 0 unspecified atom stereocenters. The van der Waals surface area contributed by atoms with Crippen LogP contribution in [0.5, 0.6) is 0 Å². The number of hydrogen-bond acceptors (Lipinski definition) is 1. The van der Waals surface area contributed by atoms with E-state index in [9.17, 15) is 0 Å². The number of aryl methyl sites for hydroxylation is 2. The van der Waals surface area contributed by atoms with Crippen LogP contribution in [0.4, 0.5) is 0 Å². The second kappa shape index (κ2) is 4.20. The molecule has 0 saturated heterocycles. The van der Waals surface area contributed by atoms with Gasteiger partial charge < -0.3 is 4.57 Å². The van der Waals surface area contributed by atoms with E-state index in [0.717, 1.165) is 37.1 Å². The van der Waals surface area contributed by atoms with Gasteiger partial charge in [-0.2, -0.15) is 0 Å². The minimum absolute atomic E-state index is 0.279. The molecule has 1 aliphatic rings. The van der Waals surface area contributed by atoms with E-state index in [1.54, 1.807) is 0 Å². The Morgan fingerprint density at radius 1 is 0.882 bits per heavy atom. The molecule has 0 atom stereocenters. The Balaban J connectivity index is 2.46. The van der Waals surface area contributed by atoms with Crippen molar-refractivity contribution in [2.24, 2.45) is 0 Å². The summed E-state index contributed by atoms with van der Waals surface area (Å²) in [6.07, 6.45) is 3.20. The Labute approximate surface area is 118 Å². The lowest BCUT2D eigenvalue weighted by Crippen LogP contribution is -2.10. The van der Waals surface area contributed by atoms with Crippen molar-refractivity contribution in [2.75, 3.05) is 0 Å². The molecule has 90 valence electrons. The van der Waals surface area contributed by atoms with Gasteiger partial charge in [0.2, 0.25) is 0 Å². The van der Waals surface area contributed by atoms with Crippen molar-refractivity contribution >= 4 is 57.4 Å². The molecule has 0 N–H and O–H groups in total. The lowest BCUT2D eigenvalue weighted by Gasteiger charge is -2.15. The van der Waals surface area contributed by atoms with Crippen molar-refractivity contribution in [1.82, 2.24) is 9.55 Å². The lowest BCUT2D eigenvalue weighted by molar-refractivity contribution is 0.533. The number of imidazole rings is 1. The SMILES string of the molecule is Clc1c(Cl)c(Cl)c2c(nc3n2CCCC3)c1Cl. The average molecular weight is 310 g/mol. The number of fused-ring (bicyclic) bond motifs is 3. The first kappa shape index (κ1) is 11.9. The van der Waals surface area contributed by atoms with Crippen LogP contribution < -0.4 is 0 Å². The van der Waals surface area contributed by atoms with Gasteiger partial charge in [-0.15, -0.1) is 0 Å². The van der Waals surface area contributed by atoms with Gasteiger partial charge in [0.25, 0.3) is 0 Å². The molecule has 0 aliphatic carbocycles. The maximum Gasteiger partial charge on any atom is 0.111 e. The van der Waals surface area contributed by atoms with Gasteiger partial charge in [-0.25, -0.2) is 4.98 Å². The van der Waals surface area contributed by atoms with Crippen LogP contribution >= 0.6 is 46.4 Å². The third-order valence-electron chi connectivity index (χ3n) is 3.07. The van der Waals surface area contributed by atoms with Crippen LogP contribution in [0.3, 0.4) is 0 Å². The summed E-state index contributed by atoms with van der Waals surface area (Å²) in [6, 6.07) is 0. The smallest absolute Gasteiger partial charge is 0.111 e. The second-order valence-corrected chi connectivity index (χ2v) is 5.60. The molecule has 1 aromatic heterocycles. The van der Waals surface area contributed by atoms with Gasteiger partial charge >= 0.3 is 0 Å². The summed E-state index contributed by atoms with van der Waals surface area (Å²) in [5.41, 5.74) is 1.46. The minimum Gasteiger partial charge on any atom is -0.327 e. The molecule has 0 radical (unpaired) electrons. The molecule has 0 spiro atoms. The zero-order chi connectivity index (χ0) is 12.2. The highest BCUT2D eigenvalue weighted by Gasteiger charge is 2.23. The maximum atomic E-state index is 6.25. The third-order valence-corrected chi connectivity index (χ3v) is 4.85. The maximum absolute atomic E-state index is 6.25. The van der Waals surface area contributed by atoms with Crippen LogP contribution in [0.25, 0.3) is 11.0 Å². The fourth-order valence-corrected chi connectivity index (χ4v) is 3.24. The van der Waals surface area contributed by atoms with Crippen molar-refractivity contribution in [1.29, 1.82) is 0 Å². The van der Waals surface area contributed by atoms with Crippen LogP contribution in [0, 0.1) is 0 Å². The van der Waals surface area contributed by atoms with Gasteiger partial charge in [0.05, 0.1) is 25.6 Å². The first-order valence-corrected chi connectivity index (χ1v) is 6.83. The summed E-state index contributed by atoms with van der Waals surface area (Å²) in [7, 11) is 0. The van der Waals surface area contributed by atoms with Gasteiger partial charge in [0.15, 0.2) is 0 Å². The number of rotatable bonds is 0. The molecule has 2 heterocycles. The van der Waals surface area contributed by atoms with Crippen molar-refractivity contribution in [2.45, 2.75) is 25.8 Å². The Hall–Kier alpha value is -0.150. The Bertz CT molecular complexity index is 618. The Morgan fingerprint density at radius 2 is 1.59 bits per heavy atom. The molecular formula is C11H8Cl4N2. The summed E-state index contributed by atoms with van der Waals surface area (Å²) < 4.78 is 2.09. The highest BCUT2D eigenvalue weighted by molar-refractivity contribution is 6.55. The second-order valence-electron chi connectivity index (χ2n) is 4.09. The molecular weight excluding hydrogens is 302 g/mol. The van der Waals surface area contributed by atoms with E-state index in [0.29, 0.717) is 20.6 Å². The largest absolute Gasteiger partial charge is 0.327 e. The molecule has 1 aliphatic heterocycles. The first-order chi connectivity index (χ1) is 8.11. The fourth-order valence-electron chi connectivity index (χ4n) is 2.26. The third kappa shape index (κ3) is 1.66. The molecule has 3 rings (SSSR count). The van der Waals surface area contributed by atoms with Gasteiger partial charge in [-0.05, 0) is 12.8 Å². The molecule has 2 aromatic rings. The fraction of sp³-hybridized carbons (Fsp3) is 0.364. The summed E-state index contributed by atoms with van der Waals surface area (Å²) in [5.74, 6) is 1.01. The van der Waals surface area contributed by atoms with E-state index in [4.69, 9.17) is 46.4 Å². The monoisotopic (exact) mass is 308 g/mol. The summed E-state index contributed by atoms with van der Waals surface area (Å²) in [4.78, 5) is 4.52. The van der Waals surface area contributed by atoms with Crippen LogP contribution in [0.1, 0.15) is 18.7 Å². The number of benzene rings is 1. The predicted molar refractivity (Wildman–Crippen MR) is 72.7 cm³/mol. The molecule has 0 bridgehead atoms. The van der Waals surface area contributed by atoms with E-state index >= 15 is 0 Å². The van der Waals surface area contributed by atoms with E-state index in [-0.39, 0.29) is 5.02 Å². The van der Waals surface area contributed by atoms with Crippen molar-refractivity contribution in [3.63, 3.8) is 0 Å². The highest BCUT2D eigenvalue weighted by atomic mass is 35.5. The summed E-state index contributed by atoms with van der Waals surface area (Å²) in [5, 5.41) is 1.41. The molecule has 1 aromatic carbocycles. The van der Waals surface area contributed by atoms with E-state index in [1.165, 1.54) is 0 Å². The van der Waals surface area contributed by atoms with Crippen molar-refractivity contribution < 1.29 is 0 Å². The van der Waals surface area contributed by atoms with E-state index < -0.39 is 0 Å². The zero-order valence-electron chi connectivity index (χ0n) is 8.73. The molecule has 2 nitrogen and oxygen atoms in total. The normalized spacial score (nSPS) is 15.3. The topological polar surface area (TPSA) is 17.8 Å². The molecule has 6 heteroatoms. The van der Waals surface area contributed by atoms with Gasteiger partial charge in [0.1, 0.15) is 11.3 Å². The lowest BCUT2D eigenvalue weighted by atomic mass is 10.2. The van der Waals surface area contributed by atoms with Crippen molar-refractivity contribution in [3.8, 4) is 0 Å². The molecule has 0 saturated carbocycles. The van der Waals surface area contributed by atoms with E-state index in [2.05, 4.69) is 9.55 Å². The van der Waals surface area contributed by atoms with Gasteiger partial charge in [-0.3, -0.25) is 0 Å². The zero-order valence-corrected chi connectivity index (χ0v) is 11.8. The van der Waals surface area contributed by atoms with Crippen LogP contribution in [0.15, 0.2) is 0 Å². The minimum atomic E-state index is 0.279. The van der Waals surface area contributed by atoms with Gasteiger partial charge in [0, 0.05) is 13.0 Å². The van der Waals surface area contributed by atoms with Crippen LogP contribution in [-0.2, 0) is 13.0 Å². The van der Waals surface area contributed by atoms with Crippen molar-refractivity contribution in [3.05, 3.63) is 25.9 Å². The number of hydrogen-bond donors (Lipinski definition) is 0. The van der Waals surface area contributed by atoms with E-state index in [1.807, 2.05) is 0 Å². The highest BCUT2D eigenvalue weighted by Crippen LogP contribution is 2.43. The van der Waals surface area contributed by atoms with Gasteiger partial charge in [-0.1, -0.05) is 46.4 Å². The van der Waals surface area contributed by atoms with Crippen LogP contribution in [0.2, 0.25) is 20.1 Å². The summed E-state index contributed by atoms with van der Waals surface area (Å²) in [6.45, 7) is 0.903. The Kier molecular flexibility index (Phi) is 2.94. The predicted octanol–water partition coefficient (Wildman–Crippen LogP) is 4.99. The number of nitrogens with zero attached hydrogens (tertiary/aromatic N) is 2. The quantitative estimate of drug-likeness (QED) is 0.495.